The van der Waals surface area contributed by atoms with Gasteiger partial charge in [0.1, 0.15) is 12.4 Å². The summed E-state index contributed by atoms with van der Waals surface area (Å²) in [6, 6.07) is 22.9. The minimum absolute atomic E-state index is 0.107. The van der Waals surface area contributed by atoms with Crippen LogP contribution in [0.2, 0.25) is 5.02 Å². The lowest BCUT2D eigenvalue weighted by molar-refractivity contribution is 0.0947. The van der Waals surface area contributed by atoms with Crippen LogP contribution in [0, 0.1) is 0 Å². The number of nitrogens with one attached hydrogen (secondary N) is 1. The summed E-state index contributed by atoms with van der Waals surface area (Å²) >= 11 is 6.19. The first-order chi connectivity index (χ1) is 14.8. The minimum atomic E-state index is -3.55. The average Bonchev–Trinajstić information content (AvgIpc) is 2.76. The maximum Gasteiger partial charge on any atom is 0.251 e. The Balaban J connectivity index is 1.59. The molecular weight excluding hydrogens is 436 g/mol. The lowest BCUT2D eigenvalue weighted by Crippen LogP contribution is -2.30. The molecule has 162 valence electrons. The molecule has 0 atom stereocenters. The zero-order chi connectivity index (χ0) is 22.3. The third kappa shape index (κ3) is 6.47. The predicted molar refractivity (Wildman–Crippen MR) is 123 cm³/mol. The molecule has 1 amide bonds. The molecule has 0 saturated heterocycles. The van der Waals surface area contributed by atoms with Gasteiger partial charge in [0.15, 0.2) is 0 Å². The van der Waals surface area contributed by atoms with Crippen LogP contribution in [-0.2, 0) is 16.6 Å². The zero-order valence-electron chi connectivity index (χ0n) is 17.0. The third-order valence-corrected chi connectivity index (χ3v) is 5.91. The molecule has 31 heavy (non-hydrogen) atoms. The molecule has 3 aromatic carbocycles. The van der Waals surface area contributed by atoms with Gasteiger partial charge >= 0.3 is 0 Å². The summed E-state index contributed by atoms with van der Waals surface area (Å²) in [6.45, 7) is 0.828. The van der Waals surface area contributed by atoms with E-state index in [0.29, 0.717) is 29.4 Å². The van der Waals surface area contributed by atoms with Crippen molar-refractivity contribution in [3.05, 3.63) is 95.0 Å². The summed E-state index contributed by atoms with van der Waals surface area (Å²) in [4.78, 5) is 12.3. The van der Waals surface area contributed by atoms with E-state index >= 15 is 0 Å². The van der Waals surface area contributed by atoms with Crippen molar-refractivity contribution in [1.82, 2.24) is 5.32 Å². The molecule has 0 saturated carbocycles. The van der Waals surface area contributed by atoms with Crippen molar-refractivity contribution < 1.29 is 17.9 Å². The van der Waals surface area contributed by atoms with Crippen molar-refractivity contribution in [2.24, 2.45) is 0 Å². The Morgan fingerprint density at radius 3 is 2.26 bits per heavy atom. The average molecular weight is 459 g/mol. The molecule has 0 spiro atoms. The molecular formula is C23H23ClN2O4S. The highest BCUT2D eigenvalue weighted by molar-refractivity contribution is 7.92. The van der Waals surface area contributed by atoms with Gasteiger partial charge in [-0.3, -0.25) is 9.10 Å². The van der Waals surface area contributed by atoms with Crippen LogP contribution in [0.3, 0.4) is 0 Å². The second kappa shape index (κ2) is 10.3. The van der Waals surface area contributed by atoms with Crippen LogP contribution in [0.5, 0.6) is 5.75 Å². The van der Waals surface area contributed by atoms with Crippen LogP contribution < -0.4 is 14.4 Å². The molecule has 0 unspecified atom stereocenters. The van der Waals surface area contributed by atoms with Gasteiger partial charge in [0.2, 0.25) is 10.0 Å². The van der Waals surface area contributed by atoms with Crippen molar-refractivity contribution in [3.63, 3.8) is 0 Å². The first-order valence-corrected chi connectivity index (χ1v) is 11.8. The molecule has 3 aromatic rings. The smallest absolute Gasteiger partial charge is 0.251 e. The van der Waals surface area contributed by atoms with E-state index in [2.05, 4.69) is 5.32 Å². The first-order valence-electron chi connectivity index (χ1n) is 9.62. The Labute approximate surface area is 187 Å². The highest BCUT2D eigenvalue weighted by atomic mass is 35.5. The van der Waals surface area contributed by atoms with Gasteiger partial charge < -0.3 is 10.1 Å². The number of nitrogens with zero attached hydrogens (tertiary/aromatic N) is 1. The third-order valence-electron chi connectivity index (χ3n) is 4.46. The normalized spacial score (nSPS) is 11.0. The lowest BCUT2D eigenvalue weighted by Gasteiger charge is -2.23. The molecule has 0 aliphatic carbocycles. The summed E-state index contributed by atoms with van der Waals surface area (Å²) in [5, 5.41) is 3.15. The van der Waals surface area contributed by atoms with E-state index in [1.165, 1.54) is 4.31 Å². The highest BCUT2D eigenvalue weighted by Gasteiger charge is 2.20. The second-order valence-electron chi connectivity index (χ2n) is 6.84. The highest BCUT2D eigenvalue weighted by Crippen LogP contribution is 2.28. The van der Waals surface area contributed by atoms with Gasteiger partial charge in [0.25, 0.3) is 5.91 Å². The molecule has 0 radical (unpaired) electrons. The van der Waals surface area contributed by atoms with E-state index in [0.717, 1.165) is 17.6 Å². The van der Waals surface area contributed by atoms with E-state index in [4.69, 9.17) is 16.3 Å². The number of rotatable bonds is 9. The summed E-state index contributed by atoms with van der Waals surface area (Å²) < 4.78 is 31.4. The number of halogens is 1. The Morgan fingerprint density at radius 1 is 0.968 bits per heavy atom. The number of amides is 1. The van der Waals surface area contributed by atoms with Gasteiger partial charge in [0.05, 0.1) is 30.1 Å². The van der Waals surface area contributed by atoms with E-state index in [1.807, 2.05) is 30.3 Å². The number of para-hydroxylation sites is 2. The van der Waals surface area contributed by atoms with Gasteiger partial charge in [-0.25, -0.2) is 8.42 Å². The lowest BCUT2D eigenvalue weighted by atomic mass is 10.1. The van der Waals surface area contributed by atoms with Crippen LogP contribution in [0.4, 0.5) is 5.69 Å². The number of benzene rings is 3. The van der Waals surface area contributed by atoms with Crippen molar-refractivity contribution in [3.8, 4) is 5.75 Å². The molecule has 0 aliphatic heterocycles. The molecule has 8 heteroatoms. The molecule has 0 aliphatic rings. The number of carbonyl (C=O) groups excluding carboxylic acids is 1. The maximum atomic E-state index is 12.3. The Morgan fingerprint density at radius 2 is 1.61 bits per heavy atom. The maximum absolute atomic E-state index is 12.3. The van der Waals surface area contributed by atoms with Crippen molar-refractivity contribution in [2.75, 3.05) is 23.7 Å². The van der Waals surface area contributed by atoms with Gasteiger partial charge in [-0.1, -0.05) is 54.1 Å². The number of carbonyl (C=O) groups is 1. The first kappa shape index (κ1) is 22.7. The van der Waals surface area contributed by atoms with Gasteiger partial charge in [-0.15, -0.1) is 0 Å². The van der Waals surface area contributed by atoms with Gasteiger partial charge in [-0.2, -0.15) is 0 Å². The molecule has 1 N–H and O–H groups in total. The zero-order valence-corrected chi connectivity index (χ0v) is 18.6. The summed E-state index contributed by atoms with van der Waals surface area (Å²) in [6.07, 6.45) is 1.13. The van der Waals surface area contributed by atoms with E-state index in [-0.39, 0.29) is 12.5 Å². The molecule has 0 aromatic heterocycles. The van der Waals surface area contributed by atoms with Crippen LogP contribution in [-0.4, -0.2) is 33.7 Å². The second-order valence-corrected chi connectivity index (χ2v) is 9.15. The van der Waals surface area contributed by atoms with Crippen LogP contribution in [0.25, 0.3) is 0 Å². The SMILES string of the molecule is CS(=O)(=O)N(Cc1ccc(C(=O)NCCOc2ccccc2)cc1)c1ccccc1Cl. The number of hydrogen-bond donors (Lipinski definition) is 1. The Bertz CT molecular complexity index is 1120. The Hall–Kier alpha value is -3.03. The van der Waals surface area contributed by atoms with Crippen LogP contribution in [0.1, 0.15) is 15.9 Å². The fraction of sp³-hybridized carbons (Fsp3) is 0.174. The fourth-order valence-corrected chi connectivity index (χ4v) is 4.10. The number of hydrogen-bond acceptors (Lipinski definition) is 4. The van der Waals surface area contributed by atoms with Crippen LogP contribution >= 0.6 is 11.6 Å². The minimum Gasteiger partial charge on any atom is -0.492 e. The van der Waals surface area contributed by atoms with Crippen LogP contribution in [0.15, 0.2) is 78.9 Å². The quantitative estimate of drug-likeness (QED) is 0.489. The summed E-state index contributed by atoms with van der Waals surface area (Å²) in [5.41, 5.74) is 1.62. The van der Waals surface area contributed by atoms with E-state index in [9.17, 15) is 13.2 Å². The number of sulfonamides is 1. The van der Waals surface area contributed by atoms with Crippen molar-refractivity contribution in [1.29, 1.82) is 0 Å². The van der Waals surface area contributed by atoms with Crippen molar-refractivity contribution in [2.45, 2.75) is 6.54 Å². The number of ether oxygens (including phenoxy) is 1. The molecule has 0 bridgehead atoms. The molecule has 3 rings (SSSR count). The van der Waals surface area contributed by atoms with Gasteiger partial charge in [0, 0.05) is 5.56 Å². The number of anilines is 1. The molecule has 0 heterocycles. The van der Waals surface area contributed by atoms with E-state index < -0.39 is 10.0 Å². The topological polar surface area (TPSA) is 75.7 Å². The van der Waals surface area contributed by atoms with E-state index in [1.54, 1.807) is 48.5 Å². The monoisotopic (exact) mass is 458 g/mol. The summed E-state index contributed by atoms with van der Waals surface area (Å²) in [5.74, 6) is 0.518. The molecule has 6 nitrogen and oxygen atoms in total. The largest absolute Gasteiger partial charge is 0.492 e. The van der Waals surface area contributed by atoms with Crippen molar-refractivity contribution >= 4 is 33.2 Å². The summed E-state index contributed by atoms with van der Waals surface area (Å²) in [7, 11) is -3.55. The predicted octanol–water partition coefficient (Wildman–Crippen LogP) is 4.12. The standard InChI is InChI=1S/C23H23ClN2O4S/c1-31(28,29)26(22-10-6-5-9-21(22)24)17-18-11-13-19(14-12-18)23(27)25-15-16-30-20-7-3-2-4-8-20/h2-14H,15-17H2,1H3,(H,25,27). The van der Waals surface area contributed by atoms with Gasteiger partial charge in [-0.05, 0) is 42.0 Å². The Kier molecular flexibility index (Phi) is 7.55. The fourth-order valence-electron chi connectivity index (χ4n) is 2.91. The molecule has 0 fully saturated rings.